The second-order valence-corrected chi connectivity index (χ2v) is 6.65. The van der Waals surface area contributed by atoms with E-state index in [2.05, 4.69) is 5.32 Å². The average Bonchev–Trinajstić information content (AvgIpc) is 2.71. The summed E-state index contributed by atoms with van der Waals surface area (Å²) in [6.07, 6.45) is -4.61. The van der Waals surface area contributed by atoms with Crippen molar-refractivity contribution in [3.63, 3.8) is 0 Å². The van der Waals surface area contributed by atoms with Crippen LogP contribution in [0.2, 0.25) is 0 Å². The second-order valence-electron chi connectivity index (χ2n) is 6.65. The van der Waals surface area contributed by atoms with Crippen LogP contribution in [0.1, 0.15) is 15.9 Å². The number of alkyl halides is 3. The van der Waals surface area contributed by atoms with Gasteiger partial charge in [0.1, 0.15) is 5.75 Å². The van der Waals surface area contributed by atoms with Crippen LogP contribution in [0.25, 0.3) is 10.8 Å². The molecule has 0 spiro atoms. The Morgan fingerprint density at radius 2 is 1.60 bits per heavy atom. The molecule has 0 fully saturated rings. The zero-order valence-electron chi connectivity index (χ0n) is 16.3. The number of para-hydroxylation sites is 1. The number of anilines is 1. The number of carbonyl (C=O) groups excluding carboxylic acids is 2. The molecule has 0 aliphatic carbocycles. The number of ether oxygens (including phenoxy) is 1. The third kappa shape index (κ3) is 4.53. The van der Waals surface area contributed by atoms with Crippen molar-refractivity contribution in [1.82, 2.24) is 4.90 Å². The van der Waals surface area contributed by atoms with Gasteiger partial charge < -0.3 is 15.0 Å². The summed E-state index contributed by atoms with van der Waals surface area (Å²) in [6, 6.07) is 15.4. The predicted octanol–water partition coefficient (Wildman–Crippen LogP) is 4.58. The third-order valence-electron chi connectivity index (χ3n) is 4.53. The number of halogens is 3. The monoisotopic (exact) mass is 416 g/mol. The Bertz CT molecular complexity index is 1100. The Hall–Kier alpha value is -3.55. The summed E-state index contributed by atoms with van der Waals surface area (Å²) in [4.78, 5) is 26.3. The number of benzene rings is 3. The molecule has 3 aromatic carbocycles. The highest BCUT2D eigenvalue weighted by Gasteiger charge is 2.33. The van der Waals surface area contributed by atoms with E-state index < -0.39 is 30.1 Å². The zero-order chi connectivity index (χ0) is 21.9. The molecule has 3 aromatic rings. The summed E-state index contributed by atoms with van der Waals surface area (Å²) >= 11 is 0. The van der Waals surface area contributed by atoms with Crippen LogP contribution >= 0.6 is 0 Å². The Labute approximate surface area is 171 Å². The number of hydrogen-bond donors (Lipinski definition) is 1. The van der Waals surface area contributed by atoms with E-state index in [1.807, 2.05) is 24.3 Å². The normalized spacial score (nSPS) is 11.2. The lowest BCUT2D eigenvalue weighted by Gasteiger charge is -2.20. The van der Waals surface area contributed by atoms with Gasteiger partial charge in [-0.15, -0.1) is 0 Å². The number of methoxy groups -OCH3 is 1. The van der Waals surface area contributed by atoms with Gasteiger partial charge in [-0.3, -0.25) is 9.59 Å². The van der Waals surface area contributed by atoms with Gasteiger partial charge in [0.05, 0.1) is 30.5 Å². The van der Waals surface area contributed by atoms with E-state index in [0.717, 1.165) is 27.8 Å². The van der Waals surface area contributed by atoms with Gasteiger partial charge >= 0.3 is 6.18 Å². The number of amides is 2. The van der Waals surface area contributed by atoms with Crippen LogP contribution in [-0.2, 0) is 11.0 Å². The molecule has 0 saturated heterocycles. The minimum atomic E-state index is -4.61. The van der Waals surface area contributed by atoms with Gasteiger partial charge in [-0.2, -0.15) is 13.2 Å². The van der Waals surface area contributed by atoms with Crippen LogP contribution in [0.5, 0.6) is 5.75 Å². The Morgan fingerprint density at radius 3 is 2.23 bits per heavy atom. The number of fused-ring (bicyclic) bond motifs is 1. The van der Waals surface area contributed by atoms with Gasteiger partial charge in [0.15, 0.2) is 0 Å². The molecule has 0 saturated carbocycles. The van der Waals surface area contributed by atoms with E-state index in [1.54, 1.807) is 12.1 Å². The summed E-state index contributed by atoms with van der Waals surface area (Å²) in [5, 5.41) is 3.93. The lowest BCUT2D eigenvalue weighted by atomic mass is 10.0. The van der Waals surface area contributed by atoms with Crippen molar-refractivity contribution >= 4 is 28.3 Å². The Balaban J connectivity index is 1.78. The van der Waals surface area contributed by atoms with E-state index in [9.17, 15) is 22.8 Å². The van der Waals surface area contributed by atoms with E-state index >= 15 is 0 Å². The summed E-state index contributed by atoms with van der Waals surface area (Å²) in [6.45, 7) is -0.430. The van der Waals surface area contributed by atoms with Gasteiger partial charge in [0, 0.05) is 7.05 Å². The highest BCUT2D eigenvalue weighted by molar-refractivity contribution is 6.03. The highest BCUT2D eigenvalue weighted by atomic mass is 19.4. The summed E-state index contributed by atoms with van der Waals surface area (Å²) in [7, 11) is 2.83. The molecule has 5 nitrogen and oxygen atoms in total. The molecule has 3 rings (SSSR count). The van der Waals surface area contributed by atoms with Crippen molar-refractivity contribution in [2.75, 3.05) is 26.0 Å². The molecule has 8 heteroatoms. The van der Waals surface area contributed by atoms with Gasteiger partial charge in [0.2, 0.25) is 5.91 Å². The van der Waals surface area contributed by atoms with Crippen molar-refractivity contribution in [3.05, 3.63) is 71.8 Å². The maximum atomic E-state index is 13.1. The molecule has 0 unspecified atom stereocenters. The van der Waals surface area contributed by atoms with E-state index in [1.165, 1.54) is 26.3 Å². The topological polar surface area (TPSA) is 58.6 Å². The summed E-state index contributed by atoms with van der Waals surface area (Å²) in [5.74, 6) is -0.896. The Morgan fingerprint density at radius 1 is 1.00 bits per heavy atom. The number of carbonyl (C=O) groups is 2. The minimum absolute atomic E-state index is 0.252. The van der Waals surface area contributed by atoms with Gasteiger partial charge in [0.25, 0.3) is 5.91 Å². The molecular formula is C22H19F3N2O3. The second kappa shape index (κ2) is 8.44. The first-order chi connectivity index (χ1) is 14.2. The zero-order valence-corrected chi connectivity index (χ0v) is 16.3. The van der Waals surface area contributed by atoms with Crippen molar-refractivity contribution in [2.24, 2.45) is 0 Å². The van der Waals surface area contributed by atoms with Crippen LogP contribution in [0.15, 0.2) is 60.7 Å². The quantitative estimate of drug-likeness (QED) is 0.663. The first-order valence-electron chi connectivity index (χ1n) is 8.99. The largest absolute Gasteiger partial charge is 0.496 e. The Kier molecular flexibility index (Phi) is 5.96. The molecule has 2 amide bonds. The summed E-state index contributed by atoms with van der Waals surface area (Å²) < 4.78 is 44.6. The molecule has 30 heavy (non-hydrogen) atoms. The molecule has 0 radical (unpaired) electrons. The summed E-state index contributed by atoms with van der Waals surface area (Å²) in [5.41, 5.74) is -1.06. The van der Waals surface area contributed by atoms with E-state index in [0.29, 0.717) is 5.75 Å². The fourth-order valence-electron chi connectivity index (χ4n) is 3.08. The number of likely N-dealkylation sites (N-methyl/N-ethyl adjacent to an activating group) is 1. The van der Waals surface area contributed by atoms with Crippen LogP contribution in [0.3, 0.4) is 0 Å². The van der Waals surface area contributed by atoms with Crippen molar-refractivity contribution in [2.45, 2.75) is 6.18 Å². The molecule has 0 aromatic heterocycles. The number of nitrogens with zero attached hydrogens (tertiary/aromatic N) is 1. The first kappa shape index (κ1) is 21.2. The fraction of sp³-hybridized carbons (Fsp3) is 0.182. The standard InChI is InChI=1S/C22H19F3N2O3/c1-27(13-20(28)26-18-10-6-5-9-17(18)22(23,24)25)21(29)16-11-14-7-3-4-8-15(14)12-19(16)30-2/h3-12H,13H2,1-2H3,(H,26,28). The van der Waals surface area contributed by atoms with Crippen molar-refractivity contribution < 1.29 is 27.5 Å². The maximum Gasteiger partial charge on any atom is 0.418 e. The predicted molar refractivity (Wildman–Crippen MR) is 108 cm³/mol. The molecule has 0 aliphatic rings. The number of nitrogens with one attached hydrogen (secondary N) is 1. The van der Waals surface area contributed by atoms with Crippen molar-refractivity contribution in [1.29, 1.82) is 0 Å². The SMILES string of the molecule is COc1cc2ccccc2cc1C(=O)N(C)CC(=O)Nc1ccccc1C(F)(F)F. The van der Waals surface area contributed by atoms with Crippen LogP contribution in [0.4, 0.5) is 18.9 Å². The van der Waals surface area contributed by atoms with Gasteiger partial charge in [-0.25, -0.2) is 0 Å². The van der Waals surface area contributed by atoms with Crippen LogP contribution in [-0.4, -0.2) is 37.4 Å². The average molecular weight is 416 g/mol. The van der Waals surface area contributed by atoms with Gasteiger partial charge in [-0.1, -0.05) is 36.4 Å². The van der Waals surface area contributed by atoms with Crippen LogP contribution in [0, 0.1) is 0 Å². The highest BCUT2D eigenvalue weighted by Crippen LogP contribution is 2.34. The molecular weight excluding hydrogens is 397 g/mol. The molecule has 156 valence electrons. The number of hydrogen-bond acceptors (Lipinski definition) is 3. The smallest absolute Gasteiger partial charge is 0.418 e. The molecule has 0 atom stereocenters. The lowest BCUT2D eigenvalue weighted by molar-refractivity contribution is -0.137. The fourth-order valence-corrected chi connectivity index (χ4v) is 3.08. The molecule has 0 bridgehead atoms. The minimum Gasteiger partial charge on any atom is -0.496 e. The van der Waals surface area contributed by atoms with Crippen LogP contribution < -0.4 is 10.1 Å². The molecule has 0 heterocycles. The molecule has 0 aliphatic heterocycles. The third-order valence-corrected chi connectivity index (χ3v) is 4.53. The first-order valence-corrected chi connectivity index (χ1v) is 8.99. The lowest BCUT2D eigenvalue weighted by Crippen LogP contribution is -2.35. The van der Waals surface area contributed by atoms with E-state index in [-0.39, 0.29) is 11.3 Å². The molecule has 1 N–H and O–H groups in total. The maximum absolute atomic E-state index is 13.1. The van der Waals surface area contributed by atoms with Gasteiger partial charge in [-0.05, 0) is 35.0 Å². The van der Waals surface area contributed by atoms with Crippen molar-refractivity contribution in [3.8, 4) is 5.75 Å². The number of rotatable bonds is 5. The van der Waals surface area contributed by atoms with E-state index in [4.69, 9.17) is 4.74 Å².